The number of hydrogen-bond donors (Lipinski definition) is 0. The minimum atomic E-state index is -1.44. The SMILES string of the molecule is CN1CC=C(c2cn(S(=O)c3cccc4ccccc34)c3ccc(F)cc23)CC1. The number of fused-ring (bicyclic) bond motifs is 2. The molecule has 0 saturated heterocycles. The summed E-state index contributed by atoms with van der Waals surface area (Å²) >= 11 is 0. The fourth-order valence-electron chi connectivity index (χ4n) is 4.03. The van der Waals surface area contributed by atoms with Crippen LogP contribution in [0.4, 0.5) is 4.39 Å². The van der Waals surface area contributed by atoms with Gasteiger partial charge in [-0.15, -0.1) is 0 Å². The Balaban J connectivity index is 1.70. The molecule has 146 valence electrons. The van der Waals surface area contributed by atoms with Crippen molar-refractivity contribution in [2.24, 2.45) is 0 Å². The highest BCUT2D eigenvalue weighted by Crippen LogP contribution is 2.33. The maximum Gasteiger partial charge on any atom is 0.157 e. The van der Waals surface area contributed by atoms with Crippen molar-refractivity contribution in [3.63, 3.8) is 0 Å². The van der Waals surface area contributed by atoms with Gasteiger partial charge in [-0.25, -0.2) is 8.60 Å². The van der Waals surface area contributed by atoms with Gasteiger partial charge in [0.15, 0.2) is 11.0 Å². The van der Waals surface area contributed by atoms with Gasteiger partial charge in [0.1, 0.15) is 5.82 Å². The lowest BCUT2D eigenvalue weighted by atomic mass is 9.99. The van der Waals surface area contributed by atoms with Crippen molar-refractivity contribution in [1.29, 1.82) is 0 Å². The molecule has 1 aliphatic rings. The molecule has 0 saturated carbocycles. The molecule has 1 unspecified atom stereocenters. The molecule has 0 aliphatic carbocycles. The van der Waals surface area contributed by atoms with Crippen LogP contribution in [0.5, 0.6) is 0 Å². The number of likely N-dealkylation sites (N-methyl/N-ethyl adjacent to an activating group) is 1. The molecule has 2 heterocycles. The third kappa shape index (κ3) is 3.20. The van der Waals surface area contributed by atoms with E-state index >= 15 is 0 Å². The van der Waals surface area contributed by atoms with Crippen molar-refractivity contribution < 1.29 is 8.60 Å². The van der Waals surface area contributed by atoms with Crippen LogP contribution in [-0.4, -0.2) is 33.2 Å². The van der Waals surface area contributed by atoms with Gasteiger partial charge < -0.3 is 4.90 Å². The van der Waals surface area contributed by atoms with Gasteiger partial charge in [-0.1, -0.05) is 42.5 Å². The highest BCUT2D eigenvalue weighted by molar-refractivity contribution is 7.84. The van der Waals surface area contributed by atoms with Gasteiger partial charge in [0.2, 0.25) is 0 Å². The summed E-state index contributed by atoms with van der Waals surface area (Å²) in [5.74, 6) is -0.277. The van der Waals surface area contributed by atoms with Crippen molar-refractivity contribution in [2.75, 3.05) is 20.1 Å². The van der Waals surface area contributed by atoms with Crippen LogP contribution in [0.25, 0.3) is 27.2 Å². The van der Waals surface area contributed by atoms with Gasteiger partial charge in [0, 0.05) is 30.2 Å². The van der Waals surface area contributed by atoms with Crippen molar-refractivity contribution in [1.82, 2.24) is 8.87 Å². The second-order valence-corrected chi connectivity index (χ2v) is 8.83. The van der Waals surface area contributed by atoms with E-state index in [2.05, 4.69) is 18.0 Å². The molecule has 3 nitrogen and oxygen atoms in total. The molecule has 5 heteroatoms. The Kier molecular flexibility index (Phi) is 4.57. The second-order valence-electron chi connectivity index (χ2n) is 7.50. The summed E-state index contributed by atoms with van der Waals surface area (Å²) in [4.78, 5) is 3.01. The molecule has 5 rings (SSSR count). The lowest BCUT2D eigenvalue weighted by Gasteiger charge is -2.21. The largest absolute Gasteiger partial charge is 0.302 e. The van der Waals surface area contributed by atoms with Crippen LogP contribution < -0.4 is 0 Å². The van der Waals surface area contributed by atoms with E-state index in [1.54, 1.807) is 16.1 Å². The van der Waals surface area contributed by atoms with Crippen LogP contribution in [-0.2, 0) is 11.0 Å². The zero-order valence-corrected chi connectivity index (χ0v) is 17.0. The summed E-state index contributed by atoms with van der Waals surface area (Å²) in [5, 5.41) is 2.84. The normalized spacial score (nSPS) is 16.3. The average Bonchev–Trinajstić information content (AvgIpc) is 3.12. The standard InChI is InChI=1S/C24H21FN2OS/c1-26-13-11-18(12-14-26)22-16-27(23-10-9-19(25)15-21(22)23)29(28)24-8-4-6-17-5-2-3-7-20(17)24/h2-11,15-16H,12-14H2,1H3. The summed E-state index contributed by atoms with van der Waals surface area (Å²) in [7, 11) is 0.653. The van der Waals surface area contributed by atoms with Crippen molar-refractivity contribution in [2.45, 2.75) is 11.3 Å². The Labute approximate surface area is 171 Å². The van der Waals surface area contributed by atoms with Crippen LogP contribution in [0.2, 0.25) is 0 Å². The number of benzene rings is 3. The lowest BCUT2D eigenvalue weighted by molar-refractivity contribution is 0.370. The third-order valence-corrected chi connectivity index (χ3v) is 7.00. The molecular formula is C24H21FN2OS. The zero-order valence-electron chi connectivity index (χ0n) is 16.1. The fourth-order valence-corrected chi connectivity index (χ4v) is 5.35. The highest BCUT2D eigenvalue weighted by atomic mass is 32.2. The van der Waals surface area contributed by atoms with E-state index in [9.17, 15) is 8.60 Å². The van der Waals surface area contributed by atoms with E-state index in [0.717, 1.165) is 51.6 Å². The fraction of sp³-hybridized carbons (Fsp3) is 0.167. The Morgan fingerprint density at radius 2 is 1.83 bits per heavy atom. The van der Waals surface area contributed by atoms with Gasteiger partial charge in [-0.3, -0.25) is 3.97 Å². The number of halogens is 1. The predicted octanol–water partition coefficient (Wildman–Crippen LogP) is 5.22. The van der Waals surface area contributed by atoms with Crippen LogP contribution in [0.15, 0.2) is 77.8 Å². The third-order valence-electron chi connectivity index (χ3n) is 5.61. The first-order valence-electron chi connectivity index (χ1n) is 9.70. The second kappa shape index (κ2) is 7.25. The van der Waals surface area contributed by atoms with Crippen molar-refractivity contribution in [3.8, 4) is 0 Å². The van der Waals surface area contributed by atoms with E-state index in [4.69, 9.17) is 0 Å². The Hall–Kier alpha value is -2.76. The molecule has 0 fully saturated rings. The molecule has 1 atom stereocenters. The Morgan fingerprint density at radius 1 is 1.00 bits per heavy atom. The van der Waals surface area contributed by atoms with Crippen molar-refractivity contribution >= 4 is 38.2 Å². The maximum absolute atomic E-state index is 14.1. The number of nitrogens with zero attached hydrogens (tertiary/aromatic N) is 2. The summed E-state index contributed by atoms with van der Waals surface area (Å²) in [5.41, 5.74) is 2.95. The zero-order chi connectivity index (χ0) is 20.0. The van der Waals surface area contributed by atoms with Gasteiger partial charge in [0.05, 0.1) is 10.4 Å². The van der Waals surface area contributed by atoms with Crippen LogP contribution in [0, 0.1) is 5.82 Å². The molecule has 3 aromatic carbocycles. The number of hydrogen-bond acceptors (Lipinski definition) is 2. The Morgan fingerprint density at radius 3 is 2.66 bits per heavy atom. The maximum atomic E-state index is 14.1. The van der Waals surface area contributed by atoms with Crippen LogP contribution >= 0.6 is 0 Å². The first kappa shape index (κ1) is 18.3. The molecule has 4 aromatic rings. The summed E-state index contributed by atoms with van der Waals surface area (Å²) in [6, 6.07) is 18.5. The summed E-state index contributed by atoms with van der Waals surface area (Å²) in [6.45, 7) is 1.82. The van der Waals surface area contributed by atoms with Crippen LogP contribution in [0.3, 0.4) is 0 Å². The van der Waals surface area contributed by atoms with E-state index in [-0.39, 0.29) is 5.82 Å². The van der Waals surface area contributed by atoms with Gasteiger partial charge in [0.25, 0.3) is 0 Å². The molecule has 0 radical (unpaired) electrons. The van der Waals surface area contributed by atoms with Gasteiger partial charge >= 0.3 is 0 Å². The molecule has 1 aliphatic heterocycles. The first-order valence-corrected chi connectivity index (χ1v) is 10.8. The average molecular weight is 405 g/mol. The van der Waals surface area contributed by atoms with E-state index in [1.165, 1.54) is 11.6 Å². The minimum absolute atomic E-state index is 0.277. The smallest absolute Gasteiger partial charge is 0.157 e. The number of aromatic nitrogens is 1. The van der Waals surface area contributed by atoms with E-state index < -0.39 is 11.0 Å². The minimum Gasteiger partial charge on any atom is -0.302 e. The molecule has 0 spiro atoms. The molecule has 0 N–H and O–H groups in total. The number of rotatable bonds is 3. The van der Waals surface area contributed by atoms with Crippen LogP contribution in [0.1, 0.15) is 12.0 Å². The topological polar surface area (TPSA) is 25.2 Å². The van der Waals surface area contributed by atoms with E-state index in [1.807, 2.05) is 48.7 Å². The highest BCUT2D eigenvalue weighted by Gasteiger charge is 2.20. The summed E-state index contributed by atoms with van der Waals surface area (Å²) in [6.07, 6.45) is 5.01. The molecule has 0 bridgehead atoms. The molecule has 0 amide bonds. The Bertz CT molecular complexity index is 1290. The van der Waals surface area contributed by atoms with Crippen molar-refractivity contribution in [3.05, 3.63) is 84.3 Å². The van der Waals surface area contributed by atoms with Gasteiger partial charge in [-0.2, -0.15) is 0 Å². The molecular weight excluding hydrogens is 383 g/mol. The monoisotopic (exact) mass is 404 g/mol. The van der Waals surface area contributed by atoms with E-state index in [0.29, 0.717) is 0 Å². The first-order chi connectivity index (χ1) is 14.1. The quantitative estimate of drug-likeness (QED) is 0.468. The lowest BCUT2D eigenvalue weighted by Crippen LogP contribution is -2.23. The van der Waals surface area contributed by atoms with Gasteiger partial charge in [-0.05, 0) is 54.1 Å². The molecule has 1 aromatic heterocycles. The molecule has 29 heavy (non-hydrogen) atoms. The summed E-state index contributed by atoms with van der Waals surface area (Å²) < 4.78 is 29.5. The predicted molar refractivity (Wildman–Crippen MR) is 118 cm³/mol.